The van der Waals surface area contributed by atoms with Crippen LogP contribution in [0.3, 0.4) is 0 Å². The zero-order chi connectivity index (χ0) is 17.0. The van der Waals surface area contributed by atoms with Gasteiger partial charge in [-0.15, -0.1) is 0 Å². The quantitative estimate of drug-likeness (QED) is 0.395. The Bertz CT molecular complexity index is 312. The van der Waals surface area contributed by atoms with E-state index in [9.17, 15) is 4.79 Å². The minimum Gasteiger partial charge on any atom is -1.00 e. The van der Waals surface area contributed by atoms with Crippen LogP contribution in [0.15, 0.2) is 12.2 Å². The predicted molar refractivity (Wildman–Crippen MR) is 103 cm³/mol. The van der Waals surface area contributed by atoms with Gasteiger partial charge in [0, 0.05) is 12.8 Å². The van der Waals surface area contributed by atoms with Gasteiger partial charge in [0.05, 0.1) is 18.5 Å². The lowest BCUT2D eigenvalue weighted by Crippen LogP contribution is -3.00. The first-order valence-electron chi connectivity index (χ1n) is 9.29. The third-order valence-corrected chi connectivity index (χ3v) is 10.0. The van der Waals surface area contributed by atoms with E-state index in [4.69, 9.17) is 0 Å². The van der Waals surface area contributed by atoms with Crippen molar-refractivity contribution in [2.24, 2.45) is 0 Å². The summed E-state index contributed by atoms with van der Waals surface area (Å²) < 4.78 is 0. The highest BCUT2D eigenvalue weighted by Gasteiger charge is 2.43. The topological polar surface area (TPSA) is 29.1 Å². The molecule has 0 aromatic rings. The Morgan fingerprint density at radius 2 is 1.35 bits per heavy atom. The number of amides is 1. The monoisotopic (exact) mass is 363 g/mol. The van der Waals surface area contributed by atoms with E-state index in [2.05, 4.69) is 39.6 Å². The molecule has 1 amide bonds. The Balaban J connectivity index is 0. The molecule has 0 fully saturated rings. The van der Waals surface area contributed by atoms with Crippen LogP contribution < -0.4 is 17.7 Å². The fourth-order valence-electron chi connectivity index (χ4n) is 3.12. The largest absolute Gasteiger partial charge is 1.00 e. The third-order valence-electron chi connectivity index (χ3n) is 4.60. The molecule has 0 saturated heterocycles. The zero-order valence-electron chi connectivity index (χ0n) is 16.1. The van der Waals surface area contributed by atoms with E-state index in [0.29, 0.717) is 11.4 Å². The fraction of sp³-hybridized carbons (Fsp3) is 0.842. The molecule has 0 aliphatic rings. The van der Waals surface area contributed by atoms with Gasteiger partial charge in [-0.1, -0.05) is 53.5 Å². The number of halogens is 1. The van der Waals surface area contributed by atoms with E-state index in [0.717, 1.165) is 6.42 Å². The van der Waals surface area contributed by atoms with E-state index in [1.807, 2.05) is 6.92 Å². The summed E-state index contributed by atoms with van der Waals surface area (Å²) in [5, 5.41) is 3.34. The lowest BCUT2D eigenvalue weighted by atomic mass is 10.3. The van der Waals surface area contributed by atoms with Gasteiger partial charge in [-0.05, 0) is 32.6 Å². The third kappa shape index (κ3) is 9.11. The Kier molecular flexibility index (Phi) is 15.6. The second-order valence-electron chi connectivity index (χ2n) is 6.63. The molecule has 0 aliphatic heterocycles. The van der Waals surface area contributed by atoms with Crippen molar-refractivity contribution in [3.8, 4) is 0 Å². The summed E-state index contributed by atoms with van der Waals surface area (Å²) in [5.74, 6) is 0.446. The minimum absolute atomic E-state index is 0. The van der Waals surface area contributed by atoms with Gasteiger partial charge in [0.2, 0.25) is 5.91 Å². The summed E-state index contributed by atoms with van der Waals surface area (Å²) in [7, 11) is -1.12. The zero-order valence-corrected chi connectivity index (χ0v) is 17.7. The lowest BCUT2D eigenvalue weighted by molar-refractivity contribution is -0.117. The van der Waals surface area contributed by atoms with Crippen LogP contribution in [-0.4, -0.2) is 30.2 Å². The highest BCUT2D eigenvalue weighted by Crippen LogP contribution is 2.64. The van der Waals surface area contributed by atoms with Crippen molar-refractivity contribution in [3.63, 3.8) is 0 Å². The molecule has 0 radical (unpaired) electrons. The lowest BCUT2D eigenvalue weighted by Gasteiger charge is -2.35. The molecule has 0 aromatic heterocycles. The molecule has 23 heavy (non-hydrogen) atoms. The van der Waals surface area contributed by atoms with Crippen LogP contribution in [0.25, 0.3) is 0 Å². The molecule has 1 atom stereocenters. The number of hydrogen-bond donors (Lipinski definition) is 1. The number of nitrogens with one attached hydrogen (secondary N) is 1. The van der Waals surface area contributed by atoms with Gasteiger partial charge in [0.25, 0.3) is 0 Å². The summed E-state index contributed by atoms with van der Waals surface area (Å²) in [6.45, 7) is 14.7. The average molecular weight is 364 g/mol. The maximum absolute atomic E-state index is 12.2. The molecule has 2 nitrogen and oxygen atoms in total. The van der Waals surface area contributed by atoms with E-state index in [1.54, 1.807) is 0 Å². The van der Waals surface area contributed by atoms with Crippen LogP contribution in [0.2, 0.25) is 0 Å². The van der Waals surface area contributed by atoms with Crippen molar-refractivity contribution in [3.05, 3.63) is 12.2 Å². The Morgan fingerprint density at radius 3 is 1.61 bits per heavy atom. The van der Waals surface area contributed by atoms with Crippen LogP contribution in [0.4, 0.5) is 0 Å². The molecule has 0 bridgehead atoms. The number of carbonyl (C=O) groups excluding carboxylic acids is 1. The van der Waals surface area contributed by atoms with E-state index >= 15 is 0 Å². The summed E-state index contributed by atoms with van der Waals surface area (Å²) in [6, 6.07) is 0. The first-order valence-corrected chi connectivity index (χ1v) is 11.7. The second kappa shape index (κ2) is 14.3. The Morgan fingerprint density at radius 1 is 0.957 bits per heavy atom. The number of unbranched alkanes of at least 4 members (excludes halogenated alkanes) is 3. The second-order valence-corrected chi connectivity index (χ2v) is 11.0. The van der Waals surface area contributed by atoms with Gasteiger partial charge in [-0.3, -0.25) is 4.79 Å². The number of carbonyl (C=O) groups is 1. The minimum atomic E-state index is -1.12. The summed E-state index contributed by atoms with van der Waals surface area (Å²) in [5.41, 5.74) is 0.637. The number of rotatable bonds is 13. The standard InChI is InChI=1S/C19H38NOP.ClH/c1-7-11-14-22(15-12-8-2,16-13-9-3)18(10-4)20-19(21)17(5)6;/h18H,5,7-16H2,1-4,6H3;1H. The molecular formula is C19H39ClNOP. The van der Waals surface area contributed by atoms with Crippen molar-refractivity contribution < 1.29 is 17.2 Å². The van der Waals surface area contributed by atoms with Gasteiger partial charge in [-0.25, -0.2) is 0 Å². The molecule has 0 aromatic carbocycles. The fourth-order valence-corrected chi connectivity index (χ4v) is 8.73. The maximum atomic E-state index is 12.2. The molecule has 0 rings (SSSR count). The number of hydrogen-bond acceptors (Lipinski definition) is 1. The van der Waals surface area contributed by atoms with Crippen LogP contribution >= 0.6 is 7.26 Å². The maximum Gasteiger partial charge on any atom is 0.249 e. The predicted octanol–water partition coefficient (Wildman–Crippen LogP) is 2.84. The van der Waals surface area contributed by atoms with Crippen molar-refractivity contribution in [1.82, 2.24) is 5.32 Å². The van der Waals surface area contributed by atoms with Gasteiger partial charge in [0.1, 0.15) is 5.78 Å². The molecule has 1 N–H and O–H groups in total. The SMILES string of the molecule is C=C(C)C(=O)NC(CC)[P+](CCCC)(CCCC)CCCC.[Cl-]. The first-order chi connectivity index (χ1) is 10.5. The molecule has 0 aliphatic carbocycles. The van der Waals surface area contributed by atoms with Crippen LogP contribution in [0.1, 0.15) is 79.6 Å². The van der Waals surface area contributed by atoms with Crippen LogP contribution in [0, 0.1) is 0 Å². The van der Waals surface area contributed by atoms with Crippen molar-refractivity contribution in [1.29, 1.82) is 0 Å². The highest BCUT2D eigenvalue weighted by molar-refractivity contribution is 7.76. The van der Waals surface area contributed by atoms with Crippen molar-refractivity contribution >= 4 is 13.2 Å². The van der Waals surface area contributed by atoms with Crippen molar-refractivity contribution in [2.75, 3.05) is 18.5 Å². The Hall–Kier alpha value is -0.0700. The molecule has 0 spiro atoms. The summed E-state index contributed by atoms with van der Waals surface area (Å²) in [6.07, 6.45) is 12.8. The average Bonchev–Trinajstić information content (AvgIpc) is 2.52. The molecule has 138 valence electrons. The normalized spacial score (nSPS) is 12.4. The van der Waals surface area contributed by atoms with Gasteiger partial charge < -0.3 is 17.7 Å². The van der Waals surface area contributed by atoms with Gasteiger partial charge in [-0.2, -0.15) is 0 Å². The molecule has 1 unspecified atom stereocenters. The van der Waals surface area contributed by atoms with Crippen molar-refractivity contribution in [2.45, 2.75) is 85.3 Å². The Labute approximate surface area is 152 Å². The molecule has 4 heteroatoms. The van der Waals surface area contributed by atoms with Gasteiger partial charge >= 0.3 is 0 Å². The van der Waals surface area contributed by atoms with Crippen LogP contribution in [-0.2, 0) is 4.79 Å². The molecule has 0 heterocycles. The molecule has 0 saturated carbocycles. The van der Waals surface area contributed by atoms with Gasteiger partial charge in [0.15, 0.2) is 0 Å². The van der Waals surface area contributed by atoms with E-state index < -0.39 is 7.26 Å². The summed E-state index contributed by atoms with van der Waals surface area (Å²) in [4.78, 5) is 12.2. The smallest absolute Gasteiger partial charge is 0.249 e. The molecular weight excluding hydrogens is 325 g/mol. The first kappa shape index (κ1) is 25.2. The van der Waals surface area contributed by atoms with E-state index in [-0.39, 0.29) is 18.3 Å². The highest BCUT2D eigenvalue weighted by atomic mass is 35.5. The van der Waals surface area contributed by atoms with E-state index in [1.165, 1.54) is 57.0 Å². The van der Waals surface area contributed by atoms with Crippen LogP contribution in [0.5, 0.6) is 0 Å². The summed E-state index contributed by atoms with van der Waals surface area (Å²) >= 11 is 0.